The number of nitrogens with zero attached hydrogens (tertiary/aromatic N) is 7. The highest BCUT2D eigenvalue weighted by Crippen LogP contribution is 2.60. The van der Waals surface area contributed by atoms with Gasteiger partial charge in [-0.3, -0.25) is 23.4 Å². The maximum atomic E-state index is 13.4. The fourth-order valence-electron chi connectivity index (χ4n) is 6.23. The van der Waals surface area contributed by atoms with Crippen molar-refractivity contribution in [1.29, 1.82) is 0 Å². The lowest BCUT2D eigenvalue weighted by Gasteiger charge is -2.26. The monoisotopic (exact) mass is 856 g/mol. The number of aryl methyl sites for hydroxylation is 2. The predicted octanol–water partition coefficient (Wildman–Crippen LogP) is -2.24. The van der Waals surface area contributed by atoms with Gasteiger partial charge in [-0.05, 0) is 44.9 Å². The third-order valence-electron chi connectivity index (χ3n) is 9.34. The first-order chi connectivity index (χ1) is 27.1. The van der Waals surface area contributed by atoms with Gasteiger partial charge >= 0.3 is 38.5 Å². The number of aliphatic hydroxyl groups excluding tert-OH is 5. The number of aliphatic hydroxyl groups is 5. The Kier molecular flexibility index (Phi) is 12.1. The molecule has 5 heterocycles. The Morgan fingerprint density at radius 2 is 1.69 bits per heavy atom. The molecule has 6 rings (SSSR count). The number of imidazole rings is 1. The standard InChI is InChI=1S/C31H39N9O16P2/c1-12(2)29(47)40-16-6-14(4)13(3)5-15(16)38(27-21(40)28(46)37-31(48)36-27)7-17(41)22(43)18(42)8-53-57(49,50)56-58(51,52)54-9-19-23(44)24(45)30(55-19)39-11-35-20-25(32)33-10-34-26(20)39/h5-6,10-12,17-19,22-24,30,41-45H,7-9H2,1-4H3,(H4-,32,33,34,37,46,48,49,50,51,52)/p+1/t17-,18-,19+,22-,23+,24-,30-/m1/s1. The summed E-state index contributed by atoms with van der Waals surface area (Å²) in [5.41, 5.74) is 5.48. The van der Waals surface area contributed by atoms with Gasteiger partial charge in [0.25, 0.3) is 0 Å². The number of phosphoric acid groups is 2. The number of hydrogen-bond donors (Lipinski definition) is 9. The van der Waals surface area contributed by atoms with Crippen LogP contribution in [0.2, 0.25) is 0 Å². The summed E-state index contributed by atoms with van der Waals surface area (Å²) in [5, 5.41) is 53.7. The molecule has 3 aliphatic rings. The van der Waals surface area contributed by atoms with E-state index in [1.165, 1.54) is 15.5 Å². The zero-order valence-electron chi connectivity index (χ0n) is 31.0. The molecule has 0 spiro atoms. The lowest BCUT2D eigenvalue weighted by Crippen LogP contribution is -2.53. The molecule has 1 aromatic carbocycles. The molecule has 1 fully saturated rings. The third kappa shape index (κ3) is 8.49. The molecule has 2 unspecified atom stereocenters. The average molecular weight is 857 g/mol. The van der Waals surface area contributed by atoms with Gasteiger partial charge in [-0.2, -0.15) is 9.29 Å². The molecule has 314 valence electrons. The van der Waals surface area contributed by atoms with Crippen molar-refractivity contribution in [2.24, 2.45) is 5.92 Å². The maximum Gasteiger partial charge on any atom is 0.481 e. The van der Waals surface area contributed by atoms with Crippen molar-refractivity contribution in [2.75, 3.05) is 18.9 Å². The number of rotatable bonds is 14. The Balaban J connectivity index is 1.12. The van der Waals surface area contributed by atoms with Crippen LogP contribution in [-0.2, 0) is 33.8 Å². The van der Waals surface area contributed by atoms with E-state index in [9.17, 15) is 58.8 Å². The van der Waals surface area contributed by atoms with E-state index in [0.717, 1.165) is 10.9 Å². The Labute approximate surface area is 325 Å². The summed E-state index contributed by atoms with van der Waals surface area (Å²) in [4.78, 5) is 77.0. The predicted molar refractivity (Wildman–Crippen MR) is 195 cm³/mol. The molecule has 0 saturated carbocycles. The number of nitrogen functional groups attached to an aromatic ring is 1. The molecule has 58 heavy (non-hydrogen) atoms. The number of aromatic nitrogens is 8. The van der Waals surface area contributed by atoms with Crippen molar-refractivity contribution in [3.05, 3.63) is 56.8 Å². The molecule has 0 amide bonds. The van der Waals surface area contributed by atoms with Crippen molar-refractivity contribution in [2.45, 2.75) is 77.1 Å². The van der Waals surface area contributed by atoms with Crippen molar-refractivity contribution in [1.82, 2.24) is 34.1 Å². The van der Waals surface area contributed by atoms with Crippen LogP contribution in [-0.4, -0.2) is 125 Å². The Hall–Kier alpha value is -4.46. The molecule has 0 radical (unpaired) electrons. The highest BCUT2D eigenvalue weighted by molar-refractivity contribution is 7.61. The molecule has 3 aliphatic heterocycles. The van der Waals surface area contributed by atoms with Crippen LogP contribution in [0.1, 0.15) is 36.0 Å². The van der Waals surface area contributed by atoms with Crippen LogP contribution in [0.4, 0.5) is 5.82 Å². The van der Waals surface area contributed by atoms with Gasteiger partial charge in [0.2, 0.25) is 11.3 Å². The van der Waals surface area contributed by atoms with Crippen molar-refractivity contribution < 1.29 is 71.9 Å². The average Bonchev–Trinajstić information content (AvgIpc) is 3.70. The lowest BCUT2D eigenvalue weighted by atomic mass is 10.0. The van der Waals surface area contributed by atoms with Gasteiger partial charge in [0.05, 0.1) is 32.0 Å². The summed E-state index contributed by atoms with van der Waals surface area (Å²) in [7, 11) is -11.1. The van der Waals surface area contributed by atoms with E-state index in [4.69, 9.17) is 15.0 Å². The first-order valence-corrected chi connectivity index (χ1v) is 20.3. The SMILES string of the molecule is Cc1cc2c(cc1C)[n+](C(=O)C(C)C)c1c(=O)[nH]c(=O)nc-1n2C[C@@H](O)[C@@H](O)[C@H](O)COP(=O)(O)OP(=O)(O)OC[C@@H]1O[C@@H](n2cnc3c(N)ncnc32)[C@H](O)[C@H]1O. The molecule has 10 N–H and O–H groups in total. The number of fused-ring (bicyclic) bond motifs is 3. The number of phosphoric ester groups is 2. The highest BCUT2D eigenvalue weighted by atomic mass is 31.3. The van der Waals surface area contributed by atoms with E-state index in [1.807, 2.05) is 4.98 Å². The first-order valence-electron chi connectivity index (χ1n) is 17.3. The van der Waals surface area contributed by atoms with Gasteiger partial charge < -0.3 is 50.4 Å². The minimum Gasteiger partial charge on any atom is -0.388 e. The molecule has 3 aromatic rings. The lowest BCUT2D eigenvalue weighted by molar-refractivity contribution is -0.539. The molecule has 0 bridgehead atoms. The summed E-state index contributed by atoms with van der Waals surface area (Å²) in [6.07, 6.45) is -10.2. The van der Waals surface area contributed by atoms with Crippen molar-refractivity contribution in [3.63, 3.8) is 0 Å². The van der Waals surface area contributed by atoms with Crippen LogP contribution in [0, 0.1) is 19.8 Å². The minimum absolute atomic E-state index is 0.0216. The van der Waals surface area contributed by atoms with Gasteiger partial charge in [-0.1, -0.05) is 0 Å². The summed E-state index contributed by atoms with van der Waals surface area (Å²) in [5.74, 6) is -1.47. The van der Waals surface area contributed by atoms with E-state index < -0.39 is 101 Å². The summed E-state index contributed by atoms with van der Waals surface area (Å²) in [6.45, 7) is 3.77. The Morgan fingerprint density at radius 3 is 2.38 bits per heavy atom. The van der Waals surface area contributed by atoms with Crippen molar-refractivity contribution >= 4 is 49.6 Å². The van der Waals surface area contributed by atoms with E-state index in [-0.39, 0.29) is 39.5 Å². The number of carbonyl (C=O) groups excluding carboxylic acids is 1. The first kappa shape index (κ1) is 43.1. The fourth-order valence-corrected chi connectivity index (χ4v) is 8.33. The number of anilines is 1. The summed E-state index contributed by atoms with van der Waals surface area (Å²) in [6, 6.07) is 3.21. The maximum absolute atomic E-state index is 13.4. The third-order valence-corrected chi connectivity index (χ3v) is 11.9. The van der Waals surface area contributed by atoms with Crippen LogP contribution in [0.3, 0.4) is 0 Å². The molecule has 0 aliphatic carbocycles. The second-order valence-electron chi connectivity index (χ2n) is 13.8. The molecular weight excluding hydrogens is 816 g/mol. The number of benzene rings is 1. The Morgan fingerprint density at radius 1 is 1.02 bits per heavy atom. The second-order valence-corrected chi connectivity index (χ2v) is 16.8. The molecular formula is C31H40N9O16P2+. The van der Waals surface area contributed by atoms with Crippen molar-refractivity contribution in [3.8, 4) is 11.5 Å². The number of nitrogens with one attached hydrogen (secondary N) is 1. The highest BCUT2D eigenvalue weighted by Gasteiger charge is 2.46. The smallest absolute Gasteiger partial charge is 0.388 e. The molecule has 1 saturated heterocycles. The normalized spacial score (nSPS) is 22.3. The van der Waals surface area contributed by atoms with Crippen LogP contribution in [0.25, 0.3) is 33.7 Å². The number of hydrogen-bond acceptors (Lipinski definition) is 19. The van der Waals surface area contributed by atoms with Gasteiger partial charge in [0.1, 0.15) is 54.0 Å². The fraction of sp³-hybridized carbons (Fsp3) is 0.484. The van der Waals surface area contributed by atoms with E-state index in [2.05, 4.69) is 28.8 Å². The largest absolute Gasteiger partial charge is 0.481 e. The van der Waals surface area contributed by atoms with Gasteiger partial charge in [-0.15, -0.1) is 4.57 Å². The topological polar surface area (TPSA) is 371 Å². The van der Waals surface area contributed by atoms with Crippen LogP contribution in [0.5, 0.6) is 0 Å². The van der Waals surface area contributed by atoms with E-state index >= 15 is 0 Å². The molecule has 9 atom stereocenters. The number of nitrogens with two attached hydrogens (primary N) is 1. The molecule has 25 nitrogen and oxygen atoms in total. The van der Waals surface area contributed by atoms with Crippen LogP contribution < -0.4 is 21.5 Å². The number of aromatic amines is 1. The molecule has 2 aromatic heterocycles. The molecule has 27 heteroatoms. The van der Waals surface area contributed by atoms with E-state index in [1.54, 1.807) is 39.8 Å². The van der Waals surface area contributed by atoms with Gasteiger partial charge in [-0.25, -0.2) is 33.7 Å². The minimum atomic E-state index is -5.59. The van der Waals surface area contributed by atoms with Gasteiger partial charge in [0, 0.05) is 6.07 Å². The quantitative estimate of drug-likeness (QED) is 0.0324. The van der Waals surface area contributed by atoms with Crippen LogP contribution >= 0.6 is 15.6 Å². The zero-order chi connectivity index (χ0) is 42.6. The van der Waals surface area contributed by atoms with Gasteiger partial charge in [0.15, 0.2) is 17.7 Å². The van der Waals surface area contributed by atoms with Crippen LogP contribution in [0.15, 0.2) is 34.4 Å². The van der Waals surface area contributed by atoms with E-state index in [0.29, 0.717) is 11.1 Å². The number of H-pyrrole nitrogens is 1. The second kappa shape index (κ2) is 16.3. The summed E-state index contributed by atoms with van der Waals surface area (Å²) >= 11 is 0. The number of ether oxygens (including phenoxy) is 1. The number of carbonyl (C=O) groups is 1. The Bertz CT molecular complexity index is 2560. The zero-order valence-corrected chi connectivity index (χ0v) is 32.7. The summed E-state index contributed by atoms with van der Waals surface area (Å²) < 4.78 is 47.9.